The summed E-state index contributed by atoms with van der Waals surface area (Å²) in [5.41, 5.74) is 0. The highest BCUT2D eigenvalue weighted by Gasteiger charge is 2.17. The highest BCUT2D eigenvalue weighted by Crippen LogP contribution is 2.05. The van der Waals surface area contributed by atoms with Crippen molar-refractivity contribution in [3.05, 3.63) is 0 Å². The Labute approximate surface area is 121 Å². The smallest absolute Gasteiger partial charge is 0.0594 e. The minimum atomic E-state index is 0.680. The molecule has 1 fully saturated rings. The SMILES string of the molecule is CC(C)N1CCN(CCOCCNCSS)CC1. The van der Waals surface area contributed by atoms with Gasteiger partial charge in [-0.3, -0.25) is 9.80 Å². The summed E-state index contributed by atoms with van der Waals surface area (Å²) < 4.78 is 5.61. The van der Waals surface area contributed by atoms with Gasteiger partial charge in [-0.25, -0.2) is 0 Å². The number of rotatable bonds is 9. The summed E-state index contributed by atoms with van der Waals surface area (Å²) in [4.78, 5) is 5.03. The minimum absolute atomic E-state index is 0.680. The molecule has 108 valence electrons. The summed E-state index contributed by atoms with van der Waals surface area (Å²) in [6.45, 7) is 12.9. The van der Waals surface area contributed by atoms with Gasteiger partial charge in [0.1, 0.15) is 0 Å². The van der Waals surface area contributed by atoms with Crippen molar-refractivity contribution in [1.82, 2.24) is 15.1 Å². The molecule has 6 heteroatoms. The van der Waals surface area contributed by atoms with E-state index in [0.717, 1.165) is 32.2 Å². The van der Waals surface area contributed by atoms with Crippen molar-refractivity contribution >= 4 is 22.5 Å². The maximum atomic E-state index is 5.61. The van der Waals surface area contributed by atoms with E-state index in [4.69, 9.17) is 4.74 Å². The molecule has 0 unspecified atom stereocenters. The van der Waals surface area contributed by atoms with Gasteiger partial charge in [-0.05, 0) is 13.8 Å². The Balaban J connectivity index is 1.91. The van der Waals surface area contributed by atoms with Gasteiger partial charge in [-0.1, -0.05) is 10.8 Å². The molecule has 4 nitrogen and oxygen atoms in total. The Morgan fingerprint density at radius 3 is 2.56 bits per heavy atom. The topological polar surface area (TPSA) is 27.7 Å². The van der Waals surface area contributed by atoms with Gasteiger partial charge in [-0.15, -0.1) is 11.7 Å². The second-order valence-electron chi connectivity index (χ2n) is 4.86. The monoisotopic (exact) mass is 293 g/mol. The first-order valence-corrected chi connectivity index (χ1v) is 8.79. The van der Waals surface area contributed by atoms with Gasteiger partial charge < -0.3 is 10.1 Å². The molecular weight excluding hydrogens is 266 g/mol. The predicted octanol–water partition coefficient (Wildman–Crippen LogP) is 1.15. The van der Waals surface area contributed by atoms with Crippen molar-refractivity contribution in [2.75, 3.05) is 58.4 Å². The van der Waals surface area contributed by atoms with E-state index in [-0.39, 0.29) is 0 Å². The second-order valence-corrected chi connectivity index (χ2v) is 6.18. The predicted molar refractivity (Wildman–Crippen MR) is 83.4 cm³/mol. The van der Waals surface area contributed by atoms with E-state index in [2.05, 4.69) is 40.6 Å². The molecule has 0 aromatic rings. The number of piperazine rings is 1. The molecule has 1 N–H and O–H groups in total. The molecular formula is C12H27N3OS2. The first-order valence-electron chi connectivity index (χ1n) is 6.75. The Bertz CT molecular complexity index is 200. The molecule has 0 saturated carbocycles. The molecule has 1 aliphatic rings. The lowest BCUT2D eigenvalue weighted by Crippen LogP contribution is -2.49. The van der Waals surface area contributed by atoms with Gasteiger partial charge in [0.15, 0.2) is 0 Å². The molecule has 0 aromatic heterocycles. The average Bonchev–Trinajstić information content (AvgIpc) is 2.38. The molecule has 1 heterocycles. The van der Waals surface area contributed by atoms with E-state index >= 15 is 0 Å². The van der Waals surface area contributed by atoms with Crippen LogP contribution in [0.5, 0.6) is 0 Å². The summed E-state index contributed by atoms with van der Waals surface area (Å²) in [7, 11) is 1.51. The van der Waals surface area contributed by atoms with Crippen molar-refractivity contribution in [2.24, 2.45) is 0 Å². The molecule has 0 radical (unpaired) electrons. The largest absolute Gasteiger partial charge is 0.379 e. The van der Waals surface area contributed by atoms with Crippen molar-refractivity contribution in [2.45, 2.75) is 19.9 Å². The zero-order valence-electron chi connectivity index (χ0n) is 11.6. The maximum Gasteiger partial charge on any atom is 0.0594 e. The normalized spacial score (nSPS) is 18.7. The maximum absolute atomic E-state index is 5.61. The van der Waals surface area contributed by atoms with Crippen LogP contribution in [0.1, 0.15) is 13.8 Å². The van der Waals surface area contributed by atoms with Gasteiger partial charge in [0.2, 0.25) is 0 Å². The molecule has 0 atom stereocenters. The van der Waals surface area contributed by atoms with E-state index in [0.29, 0.717) is 6.04 Å². The summed E-state index contributed by atoms with van der Waals surface area (Å²) in [5.74, 6) is 0.879. The number of thiol groups is 1. The summed E-state index contributed by atoms with van der Waals surface area (Å²) >= 11 is 4.06. The number of hydrogen-bond acceptors (Lipinski definition) is 6. The van der Waals surface area contributed by atoms with Crippen LogP contribution in [0.4, 0.5) is 0 Å². The van der Waals surface area contributed by atoms with Crippen LogP contribution in [0.25, 0.3) is 0 Å². The van der Waals surface area contributed by atoms with Gasteiger partial charge in [0.25, 0.3) is 0 Å². The fourth-order valence-electron chi connectivity index (χ4n) is 2.06. The van der Waals surface area contributed by atoms with E-state index in [9.17, 15) is 0 Å². The zero-order valence-corrected chi connectivity index (χ0v) is 13.3. The van der Waals surface area contributed by atoms with Gasteiger partial charge in [0.05, 0.1) is 19.1 Å². The summed E-state index contributed by atoms with van der Waals surface area (Å²) in [5, 5.41) is 3.23. The average molecular weight is 294 g/mol. The molecule has 18 heavy (non-hydrogen) atoms. The van der Waals surface area contributed by atoms with E-state index in [1.807, 2.05) is 0 Å². The minimum Gasteiger partial charge on any atom is -0.379 e. The van der Waals surface area contributed by atoms with Crippen molar-refractivity contribution in [1.29, 1.82) is 0 Å². The van der Waals surface area contributed by atoms with Crippen LogP contribution in [0.15, 0.2) is 0 Å². The Kier molecular flexibility index (Phi) is 9.53. The van der Waals surface area contributed by atoms with Crippen LogP contribution in [0.3, 0.4) is 0 Å². The van der Waals surface area contributed by atoms with Crippen LogP contribution < -0.4 is 5.32 Å². The molecule has 0 amide bonds. The first-order chi connectivity index (χ1) is 8.74. The molecule has 0 aliphatic carbocycles. The second kappa shape index (κ2) is 10.3. The summed E-state index contributed by atoms with van der Waals surface area (Å²) in [6, 6.07) is 0.680. The van der Waals surface area contributed by atoms with Gasteiger partial charge >= 0.3 is 0 Å². The number of nitrogens with one attached hydrogen (secondary N) is 1. The molecule has 0 aromatic carbocycles. The highest BCUT2D eigenvalue weighted by molar-refractivity contribution is 8.68. The van der Waals surface area contributed by atoms with Crippen LogP contribution in [-0.2, 0) is 4.74 Å². The van der Waals surface area contributed by atoms with Crippen LogP contribution in [-0.4, -0.2) is 74.2 Å². The van der Waals surface area contributed by atoms with E-state index in [1.54, 1.807) is 0 Å². The Morgan fingerprint density at radius 1 is 1.22 bits per heavy atom. The lowest BCUT2D eigenvalue weighted by atomic mass is 10.2. The standard InChI is InChI=1S/C12H27N3OS2/c1-12(2)15-6-4-14(5-7-15)8-10-16-9-3-13-11-18-17/h12-13,17H,3-11H2,1-2H3. The first kappa shape index (κ1) is 16.6. The zero-order chi connectivity index (χ0) is 13.2. The van der Waals surface area contributed by atoms with Crippen LogP contribution in [0.2, 0.25) is 0 Å². The van der Waals surface area contributed by atoms with Gasteiger partial charge in [-0.2, -0.15) is 0 Å². The van der Waals surface area contributed by atoms with E-state index < -0.39 is 0 Å². The molecule has 0 spiro atoms. The highest BCUT2D eigenvalue weighted by atomic mass is 33.1. The molecule has 1 rings (SSSR count). The Hall–Kier alpha value is 0.540. The number of hydrogen-bond donors (Lipinski definition) is 2. The lowest BCUT2D eigenvalue weighted by molar-refractivity contribution is 0.0677. The quantitative estimate of drug-likeness (QED) is 0.288. The number of ether oxygens (including phenoxy) is 1. The van der Waals surface area contributed by atoms with Crippen molar-refractivity contribution < 1.29 is 4.74 Å². The third-order valence-corrected chi connectivity index (χ3v) is 4.00. The third kappa shape index (κ3) is 7.21. The lowest BCUT2D eigenvalue weighted by Gasteiger charge is -2.36. The van der Waals surface area contributed by atoms with Crippen LogP contribution in [0, 0.1) is 0 Å². The fraction of sp³-hybridized carbons (Fsp3) is 1.00. The fourth-order valence-corrected chi connectivity index (χ4v) is 2.57. The van der Waals surface area contributed by atoms with Crippen molar-refractivity contribution in [3.8, 4) is 0 Å². The number of nitrogens with zero attached hydrogens (tertiary/aromatic N) is 2. The Morgan fingerprint density at radius 2 is 1.94 bits per heavy atom. The van der Waals surface area contributed by atoms with E-state index in [1.165, 1.54) is 37.0 Å². The third-order valence-electron chi connectivity index (χ3n) is 3.28. The molecule has 1 saturated heterocycles. The molecule has 1 aliphatic heterocycles. The van der Waals surface area contributed by atoms with Crippen molar-refractivity contribution in [3.63, 3.8) is 0 Å². The summed E-state index contributed by atoms with van der Waals surface area (Å²) in [6.07, 6.45) is 0. The molecule has 0 bridgehead atoms. The van der Waals surface area contributed by atoms with Crippen LogP contribution >= 0.6 is 22.5 Å². The van der Waals surface area contributed by atoms with Gasteiger partial charge in [0, 0.05) is 45.3 Å².